The Morgan fingerprint density at radius 3 is 2.95 bits per heavy atom. The smallest absolute Gasteiger partial charge is 0.255 e. The molecule has 0 aliphatic heterocycles. The molecule has 1 aliphatic carbocycles. The Kier molecular flexibility index (Phi) is 3.88. The lowest BCUT2D eigenvalue weighted by atomic mass is 9.87. The van der Waals surface area contributed by atoms with E-state index in [4.69, 9.17) is 0 Å². The van der Waals surface area contributed by atoms with Crippen molar-refractivity contribution in [2.24, 2.45) is 0 Å². The molecule has 1 N–H and O–H groups in total. The minimum atomic E-state index is -0.228. The summed E-state index contributed by atoms with van der Waals surface area (Å²) in [6.45, 7) is 3.59. The third-order valence-corrected chi connectivity index (χ3v) is 4.07. The molecule has 1 aliphatic rings. The Morgan fingerprint density at radius 2 is 2.18 bits per heavy atom. The van der Waals surface area contributed by atoms with E-state index in [-0.39, 0.29) is 17.8 Å². The van der Waals surface area contributed by atoms with Gasteiger partial charge in [0.2, 0.25) is 0 Å². The van der Waals surface area contributed by atoms with Gasteiger partial charge in [0.15, 0.2) is 0 Å². The summed E-state index contributed by atoms with van der Waals surface area (Å²) in [6, 6.07) is 4.70. The number of carbonyl (C=O) groups is 1. The number of aromatic nitrogens is 2. The molecular formula is C17H18FN3O. The van der Waals surface area contributed by atoms with Crippen LogP contribution < -0.4 is 5.32 Å². The molecule has 0 bridgehead atoms. The zero-order valence-corrected chi connectivity index (χ0v) is 12.7. The third kappa shape index (κ3) is 2.84. The van der Waals surface area contributed by atoms with Gasteiger partial charge >= 0.3 is 0 Å². The van der Waals surface area contributed by atoms with Crippen molar-refractivity contribution in [1.82, 2.24) is 15.3 Å². The van der Waals surface area contributed by atoms with Gasteiger partial charge in [-0.2, -0.15) is 0 Å². The van der Waals surface area contributed by atoms with Crippen molar-refractivity contribution < 1.29 is 9.18 Å². The van der Waals surface area contributed by atoms with Gasteiger partial charge in [0.1, 0.15) is 11.6 Å². The average Bonchev–Trinajstić information content (AvgIpc) is 2.47. The predicted molar refractivity (Wildman–Crippen MR) is 81.1 cm³/mol. The summed E-state index contributed by atoms with van der Waals surface area (Å²) in [5.41, 5.74) is 3.14. The first kappa shape index (κ1) is 14.6. The van der Waals surface area contributed by atoms with Gasteiger partial charge in [-0.05, 0) is 56.4 Å². The van der Waals surface area contributed by atoms with Gasteiger partial charge in [0.05, 0.1) is 17.3 Å². The SMILES string of the molecule is Cc1ncc(C(=O)N[C@@H]2CCCc3cc(F)ccc32)c(C)n1. The van der Waals surface area contributed by atoms with E-state index in [0.717, 1.165) is 30.4 Å². The van der Waals surface area contributed by atoms with Crippen LogP contribution in [0.2, 0.25) is 0 Å². The fourth-order valence-corrected chi connectivity index (χ4v) is 2.97. The Bertz CT molecular complexity index is 730. The third-order valence-electron chi connectivity index (χ3n) is 4.07. The summed E-state index contributed by atoms with van der Waals surface area (Å²) in [5, 5.41) is 3.03. The summed E-state index contributed by atoms with van der Waals surface area (Å²) >= 11 is 0. The van der Waals surface area contributed by atoms with Crippen LogP contribution in [0.4, 0.5) is 4.39 Å². The molecule has 5 heteroatoms. The van der Waals surface area contributed by atoms with Crippen LogP contribution in [0.5, 0.6) is 0 Å². The standard InChI is InChI=1S/C17H18FN3O/c1-10-15(9-19-11(2)20-10)17(22)21-16-5-3-4-12-8-13(18)6-7-14(12)16/h6-9,16H,3-5H2,1-2H3,(H,21,22)/t16-/m1/s1. The Morgan fingerprint density at radius 1 is 1.36 bits per heavy atom. The quantitative estimate of drug-likeness (QED) is 0.927. The minimum Gasteiger partial charge on any atom is -0.345 e. The van der Waals surface area contributed by atoms with Crippen LogP contribution in [0.3, 0.4) is 0 Å². The lowest BCUT2D eigenvalue weighted by Crippen LogP contribution is -2.31. The van der Waals surface area contributed by atoms with E-state index >= 15 is 0 Å². The first-order chi connectivity index (χ1) is 10.5. The molecule has 1 aromatic heterocycles. The number of hydrogen-bond acceptors (Lipinski definition) is 3. The first-order valence-corrected chi connectivity index (χ1v) is 7.44. The molecule has 1 amide bonds. The van der Waals surface area contributed by atoms with Crippen molar-refractivity contribution in [3.63, 3.8) is 0 Å². The summed E-state index contributed by atoms with van der Waals surface area (Å²) in [7, 11) is 0. The lowest BCUT2D eigenvalue weighted by molar-refractivity contribution is 0.0931. The monoisotopic (exact) mass is 299 g/mol. The van der Waals surface area contributed by atoms with Crippen molar-refractivity contribution in [1.29, 1.82) is 0 Å². The van der Waals surface area contributed by atoms with Gasteiger partial charge < -0.3 is 5.32 Å². The number of carbonyl (C=O) groups excluding carboxylic acids is 1. The summed E-state index contributed by atoms with van der Waals surface area (Å²) in [4.78, 5) is 20.8. The van der Waals surface area contributed by atoms with Crippen molar-refractivity contribution in [2.45, 2.75) is 39.2 Å². The van der Waals surface area contributed by atoms with Crippen molar-refractivity contribution in [3.8, 4) is 0 Å². The molecule has 0 unspecified atom stereocenters. The number of rotatable bonds is 2. The number of halogens is 1. The van der Waals surface area contributed by atoms with Crippen LogP contribution in [0.1, 0.15) is 51.9 Å². The van der Waals surface area contributed by atoms with E-state index < -0.39 is 0 Å². The number of amides is 1. The second kappa shape index (κ2) is 5.83. The van der Waals surface area contributed by atoms with Gasteiger partial charge in [-0.25, -0.2) is 14.4 Å². The molecule has 114 valence electrons. The van der Waals surface area contributed by atoms with Crippen LogP contribution in [-0.2, 0) is 6.42 Å². The van der Waals surface area contributed by atoms with Crippen molar-refractivity contribution in [2.75, 3.05) is 0 Å². The Labute approximate surface area is 128 Å². The molecule has 2 aromatic rings. The molecule has 1 heterocycles. The van der Waals surface area contributed by atoms with E-state index in [2.05, 4.69) is 15.3 Å². The predicted octanol–water partition coefficient (Wildman–Crippen LogP) is 3.04. The number of hydrogen-bond donors (Lipinski definition) is 1. The largest absolute Gasteiger partial charge is 0.345 e. The molecule has 4 nitrogen and oxygen atoms in total. The molecule has 0 saturated carbocycles. The molecule has 0 saturated heterocycles. The first-order valence-electron chi connectivity index (χ1n) is 7.44. The summed E-state index contributed by atoms with van der Waals surface area (Å²) in [5.74, 6) is 0.237. The fraction of sp³-hybridized carbons (Fsp3) is 0.353. The molecular weight excluding hydrogens is 281 g/mol. The zero-order chi connectivity index (χ0) is 15.7. The summed E-state index contributed by atoms with van der Waals surface area (Å²) < 4.78 is 13.3. The van der Waals surface area contributed by atoms with Crippen molar-refractivity contribution in [3.05, 3.63) is 58.4 Å². The topological polar surface area (TPSA) is 54.9 Å². The normalized spacial score (nSPS) is 17.0. The highest BCUT2D eigenvalue weighted by atomic mass is 19.1. The lowest BCUT2D eigenvalue weighted by Gasteiger charge is -2.26. The van der Waals surface area contributed by atoms with Crippen LogP contribution in [0.25, 0.3) is 0 Å². The van der Waals surface area contributed by atoms with Gasteiger partial charge in [-0.15, -0.1) is 0 Å². The van der Waals surface area contributed by atoms with Gasteiger partial charge in [-0.1, -0.05) is 6.07 Å². The highest BCUT2D eigenvalue weighted by Gasteiger charge is 2.23. The number of fused-ring (bicyclic) bond motifs is 1. The number of aryl methyl sites for hydroxylation is 3. The van der Waals surface area contributed by atoms with E-state index in [0.29, 0.717) is 17.1 Å². The highest BCUT2D eigenvalue weighted by molar-refractivity contribution is 5.95. The molecule has 1 aromatic carbocycles. The maximum Gasteiger partial charge on any atom is 0.255 e. The van der Waals surface area contributed by atoms with Gasteiger partial charge in [0.25, 0.3) is 5.91 Å². The van der Waals surface area contributed by atoms with Crippen LogP contribution in [-0.4, -0.2) is 15.9 Å². The number of nitrogens with zero attached hydrogens (tertiary/aromatic N) is 2. The van der Waals surface area contributed by atoms with E-state index in [1.165, 1.54) is 6.07 Å². The maximum absolute atomic E-state index is 13.3. The number of nitrogens with one attached hydrogen (secondary N) is 1. The maximum atomic E-state index is 13.3. The molecule has 1 atom stereocenters. The molecule has 0 spiro atoms. The summed E-state index contributed by atoms with van der Waals surface area (Å²) in [6.07, 6.45) is 4.20. The second-order valence-electron chi connectivity index (χ2n) is 5.68. The Balaban J connectivity index is 1.84. The van der Waals surface area contributed by atoms with E-state index in [9.17, 15) is 9.18 Å². The Hall–Kier alpha value is -2.30. The van der Waals surface area contributed by atoms with Crippen LogP contribution in [0.15, 0.2) is 24.4 Å². The average molecular weight is 299 g/mol. The molecule has 3 rings (SSSR count). The number of benzene rings is 1. The van der Waals surface area contributed by atoms with Gasteiger partial charge in [-0.3, -0.25) is 4.79 Å². The molecule has 0 radical (unpaired) electrons. The van der Waals surface area contributed by atoms with Gasteiger partial charge in [0, 0.05) is 6.20 Å². The van der Waals surface area contributed by atoms with Crippen LogP contribution >= 0.6 is 0 Å². The zero-order valence-electron chi connectivity index (χ0n) is 12.7. The fourth-order valence-electron chi connectivity index (χ4n) is 2.97. The van der Waals surface area contributed by atoms with Crippen LogP contribution in [0, 0.1) is 19.7 Å². The minimum absolute atomic E-state index is 0.0856. The van der Waals surface area contributed by atoms with Crippen molar-refractivity contribution >= 4 is 5.91 Å². The van der Waals surface area contributed by atoms with E-state index in [1.54, 1.807) is 32.2 Å². The molecule has 0 fully saturated rings. The molecule has 22 heavy (non-hydrogen) atoms. The second-order valence-corrected chi connectivity index (χ2v) is 5.68. The highest BCUT2D eigenvalue weighted by Crippen LogP contribution is 2.30. The van der Waals surface area contributed by atoms with E-state index in [1.807, 2.05) is 0 Å².